The van der Waals surface area contributed by atoms with Crippen LogP contribution in [0.3, 0.4) is 0 Å². The van der Waals surface area contributed by atoms with E-state index in [9.17, 15) is 18.8 Å². The number of primary amides is 1. The summed E-state index contributed by atoms with van der Waals surface area (Å²) in [6.45, 7) is 0.588. The van der Waals surface area contributed by atoms with Crippen molar-refractivity contribution in [2.24, 2.45) is 11.7 Å². The number of nitrogens with zero attached hydrogens (tertiary/aromatic N) is 1. The number of benzene rings is 2. The van der Waals surface area contributed by atoms with Crippen molar-refractivity contribution in [1.29, 1.82) is 0 Å². The van der Waals surface area contributed by atoms with Crippen LogP contribution < -0.4 is 10.5 Å². The lowest BCUT2D eigenvalue weighted by atomic mass is 9.89. The molecule has 29 heavy (non-hydrogen) atoms. The van der Waals surface area contributed by atoms with Gasteiger partial charge in [0, 0.05) is 29.6 Å². The molecule has 0 atom stereocenters. The quantitative estimate of drug-likeness (QED) is 0.730. The average molecular weight is 419 g/mol. The second-order valence-corrected chi connectivity index (χ2v) is 7.26. The highest BCUT2D eigenvalue weighted by Gasteiger charge is 2.28. The number of nitrogens with two attached hydrogens (primary N) is 1. The van der Waals surface area contributed by atoms with Gasteiger partial charge in [-0.3, -0.25) is 14.4 Å². The molecule has 2 amide bonds. The first kappa shape index (κ1) is 20.8. The van der Waals surface area contributed by atoms with Gasteiger partial charge in [0.15, 0.2) is 12.4 Å². The van der Waals surface area contributed by atoms with Crippen LogP contribution in [0.2, 0.25) is 5.02 Å². The molecular weight excluding hydrogens is 399 g/mol. The number of hydrogen-bond acceptors (Lipinski definition) is 4. The molecule has 2 aromatic carbocycles. The lowest BCUT2D eigenvalue weighted by Gasteiger charge is -2.31. The number of halogens is 2. The van der Waals surface area contributed by atoms with Crippen molar-refractivity contribution in [3.8, 4) is 5.75 Å². The highest BCUT2D eigenvalue weighted by Crippen LogP contribution is 2.24. The Morgan fingerprint density at radius 2 is 1.76 bits per heavy atom. The summed E-state index contributed by atoms with van der Waals surface area (Å²) in [6, 6.07) is 9.90. The van der Waals surface area contributed by atoms with Gasteiger partial charge in [-0.2, -0.15) is 0 Å². The molecule has 152 valence electrons. The van der Waals surface area contributed by atoms with E-state index in [2.05, 4.69) is 0 Å². The van der Waals surface area contributed by atoms with Crippen LogP contribution in [-0.4, -0.2) is 42.2 Å². The SMILES string of the molecule is NC(=O)c1cc(Cl)ccc1OCC(=O)N1CCC(C(=O)c2ccc(F)cc2)CC1. The molecule has 6 nitrogen and oxygen atoms in total. The van der Waals surface area contributed by atoms with Gasteiger partial charge in [0.2, 0.25) is 0 Å². The van der Waals surface area contributed by atoms with E-state index in [1.165, 1.54) is 36.4 Å². The summed E-state index contributed by atoms with van der Waals surface area (Å²) < 4.78 is 18.5. The van der Waals surface area contributed by atoms with Crippen molar-refractivity contribution in [3.05, 3.63) is 64.4 Å². The Balaban J connectivity index is 1.53. The first-order valence-corrected chi connectivity index (χ1v) is 9.52. The normalized spacial score (nSPS) is 14.5. The standard InChI is InChI=1S/C21H20ClFN2O4/c22-15-3-6-18(17(11-15)21(24)28)29-12-19(26)25-9-7-14(8-10-25)20(27)13-1-4-16(23)5-2-13/h1-6,11,14H,7-10,12H2,(H2,24,28). The second kappa shape index (κ2) is 9.05. The molecule has 0 radical (unpaired) electrons. The molecule has 1 aliphatic rings. The molecule has 1 aliphatic heterocycles. The van der Waals surface area contributed by atoms with Crippen LogP contribution in [0.4, 0.5) is 4.39 Å². The lowest BCUT2D eigenvalue weighted by Crippen LogP contribution is -2.42. The van der Waals surface area contributed by atoms with Gasteiger partial charge in [0.1, 0.15) is 11.6 Å². The largest absolute Gasteiger partial charge is 0.483 e. The first-order valence-electron chi connectivity index (χ1n) is 9.15. The van der Waals surface area contributed by atoms with Crippen molar-refractivity contribution in [3.63, 3.8) is 0 Å². The Bertz CT molecular complexity index is 925. The van der Waals surface area contributed by atoms with Crippen LogP contribution >= 0.6 is 11.6 Å². The number of amides is 2. The van der Waals surface area contributed by atoms with Crippen LogP contribution in [-0.2, 0) is 4.79 Å². The minimum atomic E-state index is -0.699. The van der Waals surface area contributed by atoms with E-state index in [0.717, 1.165) is 0 Å². The molecule has 0 bridgehead atoms. The zero-order chi connectivity index (χ0) is 21.0. The average Bonchev–Trinajstić information content (AvgIpc) is 2.72. The van der Waals surface area contributed by atoms with E-state index in [0.29, 0.717) is 36.5 Å². The summed E-state index contributed by atoms with van der Waals surface area (Å²) in [4.78, 5) is 38.1. The second-order valence-electron chi connectivity index (χ2n) is 6.82. The van der Waals surface area contributed by atoms with Crippen LogP contribution in [0.5, 0.6) is 5.75 Å². The smallest absolute Gasteiger partial charge is 0.260 e. The molecule has 0 aliphatic carbocycles. The van der Waals surface area contributed by atoms with Crippen molar-refractivity contribution in [2.75, 3.05) is 19.7 Å². The van der Waals surface area contributed by atoms with E-state index < -0.39 is 5.91 Å². The van der Waals surface area contributed by atoms with E-state index in [-0.39, 0.29) is 41.3 Å². The third-order valence-corrected chi connectivity index (χ3v) is 5.14. The Labute approximate surface area is 172 Å². The summed E-state index contributed by atoms with van der Waals surface area (Å²) in [6.07, 6.45) is 1.05. The number of hydrogen-bond donors (Lipinski definition) is 1. The summed E-state index contributed by atoms with van der Waals surface area (Å²) in [5, 5.41) is 0.338. The summed E-state index contributed by atoms with van der Waals surface area (Å²) in [7, 11) is 0. The Morgan fingerprint density at radius 1 is 1.10 bits per heavy atom. The minimum absolute atomic E-state index is 0.0411. The molecule has 1 saturated heterocycles. The van der Waals surface area contributed by atoms with Gasteiger partial charge >= 0.3 is 0 Å². The highest BCUT2D eigenvalue weighted by atomic mass is 35.5. The number of piperidine rings is 1. The number of carbonyl (C=O) groups excluding carboxylic acids is 3. The Morgan fingerprint density at radius 3 is 2.38 bits per heavy atom. The van der Waals surface area contributed by atoms with E-state index >= 15 is 0 Å². The molecule has 0 aromatic heterocycles. The molecular formula is C21H20ClFN2O4. The van der Waals surface area contributed by atoms with Crippen LogP contribution in [0, 0.1) is 11.7 Å². The topological polar surface area (TPSA) is 89.7 Å². The van der Waals surface area contributed by atoms with Gasteiger partial charge < -0.3 is 15.4 Å². The fourth-order valence-electron chi connectivity index (χ4n) is 3.29. The monoisotopic (exact) mass is 418 g/mol. The molecule has 2 N–H and O–H groups in total. The number of rotatable bonds is 6. The predicted molar refractivity (Wildman–Crippen MR) is 105 cm³/mol. The zero-order valence-electron chi connectivity index (χ0n) is 15.6. The molecule has 1 fully saturated rings. The van der Waals surface area contributed by atoms with E-state index in [4.69, 9.17) is 22.1 Å². The number of ether oxygens (including phenoxy) is 1. The van der Waals surface area contributed by atoms with Crippen LogP contribution in [0.15, 0.2) is 42.5 Å². The number of carbonyl (C=O) groups is 3. The maximum Gasteiger partial charge on any atom is 0.260 e. The van der Waals surface area contributed by atoms with Gasteiger partial charge in [-0.15, -0.1) is 0 Å². The van der Waals surface area contributed by atoms with Crippen molar-refractivity contribution >= 4 is 29.2 Å². The molecule has 2 aromatic rings. The third kappa shape index (κ3) is 5.12. The number of Topliss-reactive ketones (excluding diaryl/α,β-unsaturated/α-hetero) is 1. The fraction of sp³-hybridized carbons (Fsp3) is 0.286. The van der Waals surface area contributed by atoms with Gasteiger partial charge in [-0.05, 0) is 55.3 Å². The van der Waals surface area contributed by atoms with Gasteiger partial charge in [-0.1, -0.05) is 11.6 Å². The zero-order valence-corrected chi connectivity index (χ0v) is 16.3. The maximum atomic E-state index is 13.0. The van der Waals surface area contributed by atoms with Crippen LogP contribution in [0.25, 0.3) is 0 Å². The highest BCUT2D eigenvalue weighted by molar-refractivity contribution is 6.31. The molecule has 0 spiro atoms. The maximum absolute atomic E-state index is 13.0. The van der Waals surface area contributed by atoms with Gasteiger partial charge in [0.25, 0.3) is 11.8 Å². The number of ketones is 1. The van der Waals surface area contributed by atoms with Crippen molar-refractivity contribution < 1.29 is 23.5 Å². The van der Waals surface area contributed by atoms with Crippen molar-refractivity contribution in [2.45, 2.75) is 12.8 Å². The van der Waals surface area contributed by atoms with Crippen LogP contribution in [0.1, 0.15) is 33.6 Å². The minimum Gasteiger partial charge on any atom is -0.483 e. The summed E-state index contributed by atoms with van der Waals surface area (Å²) in [5.41, 5.74) is 5.89. The van der Waals surface area contributed by atoms with Gasteiger partial charge in [-0.25, -0.2) is 4.39 Å². The van der Waals surface area contributed by atoms with Crippen molar-refractivity contribution in [1.82, 2.24) is 4.90 Å². The third-order valence-electron chi connectivity index (χ3n) is 4.91. The van der Waals surface area contributed by atoms with E-state index in [1.54, 1.807) is 11.0 Å². The first-order chi connectivity index (χ1) is 13.8. The Hall–Kier alpha value is -2.93. The molecule has 0 unspecified atom stereocenters. The summed E-state index contributed by atoms with van der Waals surface area (Å²) in [5.74, 6) is -1.39. The predicted octanol–water partition coefficient (Wildman–Crippen LogP) is 3.08. The fourth-order valence-corrected chi connectivity index (χ4v) is 3.46. The number of likely N-dealkylation sites (tertiary alicyclic amines) is 1. The van der Waals surface area contributed by atoms with E-state index in [1.807, 2.05) is 0 Å². The lowest BCUT2D eigenvalue weighted by molar-refractivity contribution is -0.134. The van der Waals surface area contributed by atoms with Gasteiger partial charge in [0.05, 0.1) is 5.56 Å². The summed E-state index contributed by atoms with van der Waals surface area (Å²) >= 11 is 5.85. The Kier molecular flexibility index (Phi) is 6.49. The molecule has 1 heterocycles. The molecule has 0 saturated carbocycles. The molecule has 3 rings (SSSR count). The molecule has 8 heteroatoms.